The molecular weight excluding hydrogens is 378 g/mol. The monoisotopic (exact) mass is 407 g/mol. The van der Waals surface area contributed by atoms with Gasteiger partial charge in [-0.2, -0.15) is 0 Å². The summed E-state index contributed by atoms with van der Waals surface area (Å²) in [5.41, 5.74) is 9.32. The van der Waals surface area contributed by atoms with Crippen molar-refractivity contribution >= 4 is 17.9 Å². The van der Waals surface area contributed by atoms with Crippen molar-refractivity contribution < 1.29 is 4.79 Å². The van der Waals surface area contributed by atoms with E-state index in [0.717, 1.165) is 49.1 Å². The number of aryl methyl sites for hydroxylation is 2. The van der Waals surface area contributed by atoms with E-state index < -0.39 is 0 Å². The average Bonchev–Trinajstić information content (AvgIpc) is 3.37. The topological polar surface area (TPSA) is 115 Å². The highest BCUT2D eigenvalue weighted by Gasteiger charge is 2.05. The summed E-state index contributed by atoms with van der Waals surface area (Å²) in [6.07, 6.45) is 10.7. The van der Waals surface area contributed by atoms with Crippen LogP contribution in [0.3, 0.4) is 0 Å². The van der Waals surface area contributed by atoms with Gasteiger partial charge in [-0.3, -0.25) is 9.48 Å². The van der Waals surface area contributed by atoms with Crippen molar-refractivity contribution in [1.82, 2.24) is 30.3 Å². The van der Waals surface area contributed by atoms with Gasteiger partial charge in [0.15, 0.2) is 5.95 Å². The predicted octanol–water partition coefficient (Wildman–Crippen LogP) is 2.76. The number of carbonyl (C=O) groups is 1. The van der Waals surface area contributed by atoms with Crippen LogP contribution in [0, 0.1) is 0 Å². The van der Waals surface area contributed by atoms with Gasteiger partial charge >= 0.3 is 0 Å². The number of benzene rings is 1. The summed E-state index contributed by atoms with van der Waals surface area (Å²) < 4.78 is 1.78. The van der Waals surface area contributed by atoms with E-state index in [0.29, 0.717) is 24.6 Å². The predicted molar refractivity (Wildman–Crippen MR) is 117 cm³/mol. The van der Waals surface area contributed by atoms with Gasteiger partial charge in [-0.05, 0) is 44.2 Å². The lowest BCUT2D eigenvalue weighted by molar-refractivity contribution is -0.117. The lowest BCUT2D eigenvalue weighted by Gasteiger charge is -2.05. The van der Waals surface area contributed by atoms with Gasteiger partial charge in [0, 0.05) is 24.0 Å². The molecule has 0 unspecified atom stereocenters. The number of nitrogens with two attached hydrogens (primary N) is 1. The number of nitrogens with zero attached hydrogens (tertiary/aromatic N) is 4. The second-order valence-electron chi connectivity index (χ2n) is 7.32. The lowest BCUT2D eigenvalue weighted by Crippen LogP contribution is -2.27. The van der Waals surface area contributed by atoms with Gasteiger partial charge in [-0.15, -0.1) is 5.10 Å². The molecule has 1 aromatic carbocycles. The summed E-state index contributed by atoms with van der Waals surface area (Å²) in [4.78, 5) is 19.3. The molecule has 0 fully saturated rings. The van der Waals surface area contributed by atoms with Crippen LogP contribution in [0.5, 0.6) is 0 Å². The van der Waals surface area contributed by atoms with Crippen LogP contribution in [0.4, 0.5) is 5.95 Å². The third-order valence-corrected chi connectivity index (χ3v) is 4.78. The minimum atomic E-state index is -0.0711. The molecular formula is C22H29N7O. The highest BCUT2D eigenvalue weighted by atomic mass is 16.1. The molecule has 0 bridgehead atoms. The number of hydrogen-bond donors (Lipinski definition) is 3. The number of H-pyrrole nitrogens is 1. The zero-order chi connectivity index (χ0) is 21.2. The normalized spacial score (nSPS) is 11.6. The average molecular weight is 408 g/mol. The summed E-state index contributed by atoms with van der Waals surface area (Å²) in [7, 11) is 0. The molecule has 2 heterocycles. The molecule has 3 rings (SSSR count). The molecule has 0 aliphatic rings. The summed E-state index contributed by atoms with van der Waals surface area (Å²) in [6.45, 7) is 2.92. The van der Waals surface area contributed by atoms with Crippen LogP contribution in [-0.2, 0) is 24.2 Å². The molecule has 1 amide bonds. The number of unbranched alkanes of at least 4 members (excludes halogenated alkanes) is 2. The van der Waals surface area contributed by atoms with E-state index in [4.69, 9.17) is 5.73 Å². The second-order valence-corrected chi connectivity index (χ2v) is 7.32. The van der Waals surface area contributed by atoms with E-state index >= 15 is 0 Å². The number of imidazole rings is 1. The molecule has 0 saturated carbocycles. The van der Waals surface area contributed by atoms with E-state index in [1.807, 2.05) is 49.5 Å². The maximum Gasteiger partial charge on any atom is 0.246 e. The van der Waals surface area contributed by atoms with E-state index in [9.17, 15) is 4.79 Å². The Kier molecular flexibility index (Phi) is 7.77. The largest absolute Gasteiger partial charge is 0.369 e. The zero-order valence-corrected chi connectivity index (χ0v) is 17.3. The van der Waals surface area contributed by atoms with Crippen LogP contribution in [0.25, 0.3) is 6.08 Å². The highest BCUT2D eigenvalue weighted by molar-refractivity contribution is 5.97. The van der Waals surface area contributed by atoms with Crippen LogP contribution >= 0.6 is 0 Å². The number of amides is 1. The van der Waals surface area contributed by atoms with Crippen molar-refractivity contribution in [2.75, 3.05) is 12.3 Å². The zero-order valence-electron chi connectivity index (χ0n) is 17.3. The summed E-state index contributed by atoms with van der Waals surface area (Å²) in [5, 5.41) is 11.3. The molecule has 8 heteroatoms. The highest BCUT2D eigenvalue weighted by Crippen LogP contribution is 2.08. The molecule has 0 aliphatic carbocycles. The van der Waals surface area contributed by atoms with Gasteiger partial charge in [0.1, 0.15) is 0 Å². The van der Waals surface area contributed by atoms with Gasteiger partial charge in [0.25, 0.3) is 0 Å². The number of hydrogen-bond acceptors (Lipinski definition) is 5. The summed E-state index contributed by atoms with van der Waals surface area (Å²) in [6, 6.07) is 9.81. The molecule has 30 heavy (non-hydrogen) atoms. The molecule has 4 N–H and O–H groups in total. The SMILES string of the molecule is CC(=Cc1ccccc1)C(=O)NCCn1cc(CCCCCc2cnc(N)[nH]2)nn1. The molecule has 0 atom stereocenters. The number of aromatic amines is 1. The fourth-order valence-electron chi connectivity index (χ4n) is 3.15. The third kappa shape index (κ3) is 6.88. The Morgan fingerprint density at radius 3 is 2.77 bits per heavy atom. The van der Waals surface area contributed by atoms with Crippen LogP contribution in [0.1, 0.15) is 43.1 Å². The minimum absolute atomic E-state index is 0.0711. The van der Waals surface area contributed by atoms with Gasteiger partial charge in [-0.25, -0.2) is 4.98 Å². The molecule has 0 spiro atoms. The van der Waals surface area contributed by atoms with E-state index in [-0.39, 0.29) is 5.91 Å². The number of nitrogens with one attached hydrogen (secondary N) is 2. The first-order chi connectivity index (χ1) is 14.6. The molecule has 8 nitrogen and oxygen atoms in total. The first-order valence-corrected chi connectivity index (χ1v) is 10.3. The lowest BCUT2D eigenvalue weighted by atomic mass is 10.1. The van der Waals surface area contributed by atoms with Crippen molar-refractivity contribution in [2.45, 2.75) is 45.6 Å². The van der Waals surface area contributed by atoms with Crippen LogP contribution in [0.2, 0.25) is 0 Å². The summed E-state index contributed by atoms with van der Waals surface area (Å²) in [5.74, 6) is 0.401. The quantitative estimate of drug-likeness (QED) is 0.334. The fourth-order valence-corrected chi connectivity index (χ4v) is 3.15. The van der Waals surface area contributed by atoms with Crippen LogP contribution < -0.4 is 11.1 Å². The number of rotatable bonds is 11. The van der Waals surface area contributed by atoms with Crippen LogP contribution in [0.15, 0.2) is 48.3 Å². The smallest absolute Gasteiger partial charge is 0.246 e. The number of nitrogen functional groups attached to an aromatic ring is 1. The van der Waals surface area contributed by atoms with Crippen molar-refractivity contribution in [3.63, 3.8) is 0 Å². The van der Waals surface area contributed by atoms with Crippen molar-refractivity contribution in [3.05, 3.63) is 65.2 Å². The second kappa shape index (κ2) is 10.9. The van der Waals surface area contributed by atoms with Crippen molar-refractivity contribution in [2.24, 2.45) is 0 Å². The van der Waals surface area contributed by atoms with Gasteiger partial charge in [-0.1, -0.05) is 42.0 Å². The number of anilines is 1. The number of carbonyl (C=O) groups excluding carboxylic acids is 1. The van der Waals surface area contributed by atoms with E-state index in [2.05, 4.69) is 25.6 Å². The first-order valence-electron chi connectivity index (χ1n) is 10.3. The van der Waals surface area contributed by atoms with E-state index in [1.165, 1.54) is 0 Å². The molecule has 158 valence electrons. The summed E-state index contributed by atoms with van der Waals surface area (Å²) >= 11 is 0. The first kappa shape index (κ1) is 21.3. The van der Waals surface area contributed by atoms with Crippen molar-refractivity contribution in [1.29, 1.82) is 0 Å². The Bertz CT molecular complexity index is 959. The van der Waals surface area contributed by atoms with Crippen molar-refractivity contribution in [3.8, 4) is 0 Å². The Labute approximate surface area is 176 Å². The maximum atomic E-state index is 12.2. The molecule has 2 aromatic heterocycles. The van der Waals surface area contributed by atoms with Gasteiger partial charge < -0.3 is 16.0 Å². The van der Waals surface area contributed by atoms with Gasteiger partial charge in [0.2, 0.25) is 5.91 Å². The molecule has 3 aromatic rings. The van der Waals surface area contributed by atoms with Gasteiger partial charge in [0.05, 0.1) is 18.4 Å². The standard InChI is InChI=1S/C22H29N7O/c1-17(14-18-8-4-2-5-9-18)21(30)24-12-13-29-16-20(27-28-29)11-7-3-6-10-19-15-25-22(23)26-19/h2,4-5,8-9,14-16H,3,6-7,10-13H2,1H3,(H,24,30)(H3,23,25,26). The Morgan fingerprint density at radius 2 is 2.00 bits per heavy atom. The van der Waals surface area contributed by atoms with E-state index in [1.54, 1.807) is 10.9 Å². The fraction of sp³-hybridized carbons (Fsp3) is 0.364. The molecule has 0 saturated heterocycles. The van der Waals surface area contributed by atoms with Crippen LogP contribution in [-0.4, -0.2) is 37.4 Å². The maximum absolute atomic E-state index is 12.2. The number of aromatic nitrogens is 5. The molecule has 0 aliphatic heterocycles. The Morgan fingerprint density at radius 1 is 1.20 bits per heavy atom. The third-order valence-electron chi connectivity index (χ3n) is 4.78. The molecule has 0 radical (unpaired) electrons. The minimum Gasteiger partial charge on any atom is -0.369 e. The Balaban J connectivity index is 1.32. The Hall–Kier alpha value is -3.42.